The number of carboxylic acids is 1. The number of aliphatic carboxylic acids is 1. The van der Waals surface area contributed by atoms with E-state index in [1.165, 1.54) is 0 Å². The molecule has 1 saturated heterocycles. The van der Waals surface area contributed by atoms with E-state index in [-0.39, 0.29) is 17.4 Å². The van der Waals surface area contributed by atoms with Crippen molar-refractivity contribution in [3.8, 4) is 0 Å². The third kappa shape index (κ3) is 5.44. The minimum absolute atomic E-state index is 0.0807. The molecule has 2 heterocycles. The van der Waals surface area contributed by atoms with Crippen molar-refractivity contribution < 1.29 is 14.7 Å². The van der Waals surface area contributed by atoms with Crippen molar-refractivity contribution in [1.29, 1.82) is 0 Å². The Morgan fingerprint density at radius 3 is 2.76 bits per heavy atom. The largest absolute Gasteiger partial charge is 0.481 e. The molecule has 0 aliphatic carbocycles. The Hall–Kier alpha value is -1.59. The van der Waals surface area contributed by atoms with Gasteiger partial charge in [0, 0.05) is 19.6 Å². The first-order valence-corrected chi connectivity index (χ1v) is 9.10. The van der Waals surface area contributed by atoms with Crippen molar-refractivity contribution in [1.82, 2.24) is 10.4 Å². The maximum absolute atomic E-state index is 11.6. The number of carboxylic acid groups (broad SMARTS) is 1. The van der Waals surface area contributed by atoms with E-state index >= 15 is 0 Å². The molecule has 0 aromatic rings. The first kappa shape index (κ1) is 19.7. The smallest absolute Gasteiger partial charge is 0.307 e. The van der Waals surface area contributed by atoms with Crippen LogP contribution in [0.2, 0.25) is 0 Å². The standard InChI is InChI=1S/C20H32N2O3/c1-6-7-8-14(2)18-10-17(21-25-18)13-22-11-15(19(23)24)9-16(12-22)20(3,4)5/h6-8,10,15-17,21H,9,11-13H2,1-5H3,(H,23,24)/b7-6-,14-8+. The Balaban J connectivity index is 2.03. The minimum Gasteiger partial charge on any atom is -0.481 e. The highest BCUT2D eigenvalue weighted by atomic mass is 16.7. The highest BCUT2D eigenvalue weighted by Gasteiger charge is 2.37. The van der Waals surface area contributed by atoms with E-state index in [1.54, 1.807) is 0 Å². The lowest BCUT2D eigenvalue weighted by atomic mass is 9.73. The van der Waals surface area contributed by atoms with Crippen LogP contribution in [0.1, 0.15) is 41.0 Å². The fourth-order valence-electron chi connectivity index (χ4n) is 3.44. The molecule has 25 heavy (non-hydrogen) atoms. The van der Waals surface area contributed by atoms with Crippen molar-refractivity contribution in [2.75, 3.05) is 19.6 Å². The van der Waals surface area contributed by atoms with Crippen molar-refractivity contribution in [3.05, 3.63) is 35.6 Å². The van der Waals surface area contributed by atoms with Gasteiger partial charge >= 0.3 is 5.97 Å². The van der Waals surface area contributed by atoms with E-state index < -0.39 is 5.97 Å². The van der Waals surface area contributed by atoms with Crippen LogP contribution in [0, 0.1) is 17.3 Å². The number of nitrogens with one attached hydrogen (secondary N) is 1. The molecule has 3 unspecified atom stereocenters. The maximum atomic E-state index is 11.6. The zero-order valence-corrected chi connectivity index (χ0v) is 16.1. The van der Waals surface area contributed by atoms with Crippen LogP contribution in [-0.4, -0.2) is 41.7 Å². The van der Waals surface area contributed by atoms with Crippen molar-refractivity contribution in [2.24, 2.45) is 17.3 Å². The number of piperidine rings is 1. The fraction of sp³-hybridized carbons (Fsp3) is 0.650. The third-order valence-electron chi connectivity index (χ3n) is 5.16. The molecule has 1 fully saturated rings. The first-order valence-electron chi connectivity index (χ1n) is 9.10. The molecule has 0 aromatic heterocycles. The summed E-state index contributed by atoms with van der Waals surface area (Å²) in [6.45, 7) is 12.9. The molecule has 2 N–H and O–H groups in total. The van der Waals surface area contributed by atoms with Gasteiger partial charge in [-0.25, -0.2) is 0 Å². The monoisotopic (exact) mass is 348 g/mol. The molecular weight excluding hydrogens is 316 g/mol. The van der Waals surface area contributed by atoms with Crippen LogP contribution in [0.3, 0.4) is 0 Å². The predicted molar refractivity (Wildman–Crippen MR) is 99.8 cm³/mol. The number of hydrogen-bond donors (Lipinski definition) is 2. The number of hydroxylamine groups is 1. The van der Waals surface area contributed by atoms with Crippen LogP contribution >= 0.6 is 0 Å². The van der Waals surface area contributed by atoms with Gasteiger partial charge in [0.15, 0.2) is 0 Å². The number of nitrogens with zero attached hydrogens (tertiary/aromatic N) is 1. The van der Waals surface area contributed by atoms with Crippen LogP contribution in [0.4, 0.5) is 0 Å². The zero-order valence-electron chi connectivity index (χ0n) is 16.1. The van der Waals surface area contributed by atoms with Gasteiger partial charge in [-0.2, -0.15) is 0 Å². The lowest BCUT2D eigenvalue weighted by Gasteiger charge is -2.42. The third-order valence-corrected chi connectivity index (χ3v) is 5.16. The van der Waals surface area contributed by atoms with E-state index in [1.807, 2.05) is 32.1 Å². The number of rotatable bonds is 5. The Labute approximate surface area is 151 Å². The van der Waals surface area contributed by atoms with Gasteiger partial charge in [0.05, 0.1) is 12.0 Å². The Morgan fingerprint density at radius 1 is 1.44 bits per heavy atom. The van der Waals surface area contributed by atoms with E-state index in [2.05, 4.69) is 37.2 Å². The normalized spacial score (nSPS) is 28.9. The fourth-order valence-corrected chi connectivity index (χ4v) is 3.44. The van der Waals surface area contributed by atoms with Crippen LogP contribution in [-0.2, 0) is 9.63 Å². The van der Waals surface area contributed by atoms with Gasteiger partial charge in [-0.1, -0.05) is 39.0 Å². The summed E-state index contributed by atoms with van der Waals surface area (Å²) < 4.78 is 0. The van der Waals surface area contributed by atoms with Gasteiger partial charge in [0.25, 0.3) is 0 Å². The van der Waals surface area contributed by atoms with Gasteiger partial charge in [0.2, 0.25) is 0 Å². The van der Waals surface area contributed by atoms with Crippen molar-refractivity contribution in [2.45, 2.75) is 47.1 Å². The number of carbonyl (C=O) groups is 1. The van der Waals surface area contributed by atoms with Crippen LogP contribution < -0.4 is 5.48 Å². The summed E-state index contributed by atoms with van der Waals surface area (Å²) in [5.41, 5.74) is 4.24. The molecule has 2 aliphatic heterocycles. The van der Waals surface area contributed by atoms with Crippen LogP contribution in [0.15, 0.2) is 35.6 Å². The Bertz CT molecular complexity index is 572. The Kier molecular flexibility index (Phi) is 6.47. The summed E-state index contributed by atoms with van der Waals surface area (Å²) in [6.07, 6.45) is 8.84. The number of allylic oxidation sites excluding steroid dienone is 4. The topological polar surface area (TPSA) is 61.8 Å². The molecule has 0 saturated carbocycles. The average Bonchev–Trinajstić information content (AvgIpc) is 3.00. The molecule has 0 aromatic carbocycles. The summed E-state index contributed by atoms with van der Waals surface area (Å²) in [5, 5.41) is 9.50. The molecule has 0 bridgehead atoms. The van der Waals surface area contributed by atoms with E-state index in [0.717, 1.165) is 30.8 Å². The average molecular weight is 348 g/mol. The first-order chi connectivity index (χ1) is 11.7. The lowest BCUT2D eigenvalue weighted by molar-refractivity contribution is -0.145. The van der Waals surface area contributed by atoms with Crippen LogP contribution in [0.25, 0.3) is 0 Å². The molecule has 2 aliphatic rings. The molecule has 0 radical (unpaired) electrons. The quantitative estimate of drug-likeness (QED) is 0.746. The summed E-state index contributed by atoms with van der Waals surface area (Å²) in [4.78, 5) is 19.4. The second-order valence-corrected chi connectivity index (χ2v) is 8.29. The summed E-state index contributed by atoms with van der Waals surface area (Å²) in [6, 6.07) is 0.0807. The van der Waals surface area contributed by atoms with Gasteiger partial charge < -0.3 is 14.8 Å². The van der Waals surface area contributed by atoms with E-state index in [0.29, 0.717) is 12.5 Å². The van der Waals surface area contributed by atoms with Gasteiger partial charge in [0.1, 0.15) is 5.76 Å². The second kappa shape index (κ2) is 8.19. The highest BCUT2D eigenvalue weighted by molar-refractivity contribution is 5.70. The van der Waals surface area contributed by atoms with Crippen LogP contribution in [0.5, 0.6) is 0 Å². The molecule has 3 atom stereocenters. The summed E-state index contributed by atoms with van der Waals surface area (Å²) in [7, 11) is 0. The Morgan fingerprint density at radius 2 is 2.16 bits per heavy atom. The SMILES string of the molecule is C/C=C\C=C(/C)C1=CC(CN2CC(C(=O)O)CC(C(C)(C)C)C2)NO1. The second-order valence-electron chi connectivity index (χ2n) is 8.29. The lowest BCUT2D eigenvalue weighted by Crippen LogP contribution is -2.50. The molecule has 0 amide bonds. The van der Waals surface area contributed by atoms with Gasteiger partial charge in [-0.05, 0) is 43.3 Å². The summed E-state index contributed by atoms with van der Waals surface area (Å²) in [5.74, 6) is 0.253. The maximum Gasteiger partial charge on any atom is 0.307 e. The van der Waals surface area contributed by atoms with Crippen molar-refractivity contribution >= 4 is 5.97 Å². The minimum atomic E-state index is -0.684. The predicted octanol–water partition coefficient (Wildman–Crippen LogP) is 3.36. The van der Waals surface area contributed by atoms with E-state index in [9.17, 15) is 9.90 Å². The van der Waals surface area contributed by atoms with E-state index in [4.69, 9.17) is 4.84 Å². The molecule has 2 rings (SSSR count). The number of likely N-dealkylation sites (tertiary alicyclic amines) is 1. The summed E-state index contributed by atoms with van der Waals surface area (Å²) >= 11 is 0. The van der Waals surface area contributed by atoms with Gasteiger partial charge in [-0.3, -0.25) is 4.79 Å². The highest BCUT2D eigenvalue weighted by Crippen LogP contribution is 2.35. The van der Waals surface area contributed by atoms with Crippen molar-refractivity contribution in [3.63, 3.8) is 0 Å². The molecule has 0 spiro atoms. The molecular formula is C20H32N2O3. The van der Waals surface area contributed by atoms with Gasteiger partial charge in [-0.15, -0.1) is 5.48 Å². The number of hydrogen-bond acceptors (Lipinski definition) is 4. The zero-order chi connectivity index (χ0) is 18.6. The molecule has 140 valence electrons. The molecule has 5 heteroatoms. The molecule has 5 nitrogen and oxygen atoms in total.